The van der Waals surface area contributed by atoms with E-state index in [1.807, 2.05) is 20.0 Å². The van der Waals surface area contributed by atoms with Gasteiger partial charge in [-0.3, -0.25) is 0 Å². The molecule has 0 radical (unpaired) electrons. The molecule has 0 aromatic carbocycles. The molecular weight excluding hydrogens is 689 g/mol. The smallest absolute Gasteiger partial charge is 0.390 e. The molecule has 0 aliphatic carbocycles. The van der Waals surface area contributed by atoms with Crippen LogP contribution in [-0.2, 0) is 37.0 Å². The summed E-state index contributed by atoms with van der Waals surface area (Å²) in [7, 11) is -20.1. The van der Waals surface area contributed by atoms with Gasteiger partial charge >= 0.3 is 60.3 Å². The molecule has 3 saturated heterocycles. The molecule has 4 bridgehead atoms. The lowest BCUT2D eigenvalue weighted by Crippen LogP contribution is -2.80. The number of hydrogen-bond donors (Lipinski definition) is 3. The molecule has 3 aliphatic rings. The van der Waals surface area contributed by atoms with Gasteiger partial charge in [0.05, 0.1) is 0 Å². The van der Waals surface area contributed by atoms with Crippen molar-refractivity contribution in [3.05, 3.63) is 0 Å². The molecule has 11 unspecified atom stereocenters. The second-order valence-corrected chi connectivity index (χ2v) is 43.3. The Labute approximate surface area is 215 Å². The molecule has 0 saturated carbocycles. The summed E-state index contributed by atoms with van der Waals surface area (Å²) in [5.74, 6) is 0.232. The van der Waals surface area contributed by atoms with E-state index in [1.165, 1.54) is 0 Å². The molecule has 26 heteroatoms. The van der Waals surface area contributed by atoms with Crippen LogP contribution in [0.1, 0.15) is 0 Å². The van der Waals surface area contributed by atoms with Gasteiger partial charge in [-0.1, -0.05) is 24.4 Å². The first-order valence-electron chi connectivity index (χ1n) is 9.63. The van der Waals surface area contributed by atoms with Crippen LogP contribution in [0.4, 0.5) is 0 Å². The van der Waals surface area contributed by atoms with E-state index in [4.69, 9.17) is 37.0 Å². The quantitative estimate of drug-likeness (QED) is 0.224. The zero-order valence-corrected chi connectivity index (χ0v) is 32.8. The third kappa shape index (κ3) is 6.69. The van der Waals surface area contributed by atoms with Crippen molar-refractivity contribution < 1.29 is 51.4 Å². The topological polar surface area (TPSA) is 144 Å². The summed E-state index contributed by atoms with van der Waals surface area (Å²) in [5, 5.41) is 0. The van der Waals surface area contributed by atoms with Gasteiger partial charge in [0, 0.05) is 17.4 Å². The van der Waals surface area contributed by atoms with Crippen LogP contribution < -0.4 is 0 Å². The molecule has 194 valence electrons. The first kappa shape index (κ1) is 31.6. The van der Waals surface area contributed by atoms with Crippen LogP contribution in [0.15, 0.2) is 0 Å². The van der Waals surface area contributed by atoms with E-state index in [9.17, 15) is 14.4 Å². The van der Waals surface area contributed by atoms with E-state index in [0.717, 1.165) is 0 Å². The first-order chi connectivity index (χ1) is 15.3. The molecular formula is C7H31O12P7Si7. The molecule has 0 aromatic rings. The molecule has 0 aromatic heterocycles. The van der Waals surface area contributed by atoms with Gasteiger partial charge in [0.15, 0.2) is 0 Å². The highest BCUT2D eigenvalue weighted by atomic mass is 31.4. The van der Waals surface area contributed by atoms with Gasteiger partial charge in [-0.05, 0) is 34.8 Å². The van der Waals surface area contributed by atoms with Crippen molar-refractivity contribution >= 4 is 121 Å². The van der Waals surface area contributed by atoms with Crippen LogP contribution >= 0.6 is 60.2 Å². The van der Waals surface area contributed by atoms with E-state index >= 15 is 0 Å². The summed E-state index contributed by atoms with van der Waals surface area (Å²) in [6, 6.07) is 0. The van der Waals surface area contributed by atoms with Gasteiger partial charge in [-0.2, -0.15) is 0 Å². The summed E-state index contributed by atoms with van der Waals surface area (Å²) >= 11 is 0. The average Bonchev–Trinajstić information content (AvgIpc) is 2.75. The Morgan fingerprint density at radius 2 is 0.909 bits per heavy atom. The van der Waals surface area contributed by atoms with Gasteiger partial charge in [-0.25, -0.2) is 0 Å². The molecule has 3 fully saturated rings. The fourth-order valence-electron chi connectivity index (χ4n) is 2.99. The fraction of sp³-hybridized carbons (Fsp3) is 1.00. The Hall–Kier alpha value is 4.05. The maximum atomic E-state index is 11.5. The van der Waals surface area contributed by atoms with Crippen molar-refractivity contribution in [1.82, 2.24) is 0 Å². The molecule has 33 heavy (non-hydrogen) atoms. The summed E-state index contributed by atoms with van der Waals surface area (Å²) in [6.45, 7) is 7.27. The van der Waals surface area contributed by atoms with Crippen molar-refractivity contribution in [2.75, 3.05) is 44.0 Å². The molecule has 0 spiro atoms. The van der Waals surface area contributed by atoms with Crippen LogP contribution in [0.2, 0.25) is 0 Å². The lowest BCUT2D eigenvalue weighted by atomic mass is 11.9. The van der Waals surface area contributed by atoms with Crippen molar-refractivity contribution in [1.29, 1.82) is 0 Å². The van der Waals surface area contributed by atoms with Gasteiger partial charge in [0.1, 0.15) is 0 Å². The van der Waals surface area contributed by atoms with E-state index < -0.39 is 60.3 Å². The Morgan fingerprint density at radius 1 is 0.515 bits per heavy atom. The van der Waals surface area contributed by atoms with Gasteiger partial charge in [0.2, 0.25) is 0 Å². The number of rotatable bonds is 7. The maximum absolute atomic E-state index is 11.5. The Balaban J connectivity index is 2.32. The zero-order chi connectivity index (χ0) is 24.8. The van der Waals surface area contributed by atoms with Crippen LogP contribution in [-0.4, -0.2) is 119 Å². The monoisotopic (exact) mass is 720 g/mol. The van der Waals surface area contributed by atoms with Gasteiger partial charge in [0.25, 0.3) is 0 Å². The van der Waals surface area contributed by atoms with Crippen molar-refractivity contribution in [3.63, 3.8) is 0 Å². The lowest BCUT2D eigenvalue weighted by molar-refractivity contribution is 0.0400. The maximum Gasteiger partial charge on any atom is 0.506 e. The minimum Gasteiger partial charge on any atom is -0.390 e. The highest BCUT2D eigenvalue weighted by Crippen LogP contribution is 2.53. The van der Waals surface area contributed by atoms with Crippen LogP contribution in [0, 0.1) is 0 Å². The summed E-state index contributed by atoms with van der Waals surface area (Å²) in [5.41, 5.74) is 0. The lowest BCUT2D eigenvalue weighted by Gasteiger charge is -2.55. The normalized spacial score (nSPS) is 52.2. The Kier molecular flexibility index (Phi) is 11.0. The highest BCUT2D eigenvalue weighted by molar-refractivity contribution is 7.87. The second-order valence-electron chi connectivity index (χ2n) is 6.89. The van der Waals surface area contributed by atoms with E-state index in [2.05, 4.69) is 27.7 Å². The van der Waals surface area contributed by atoms with Crippen LogP contribution in [0.3, 0.4) is 0 Å². The standard InChI is InChI=1S/C7H31O12P7Si7/c1-23-30(10)16-31(24-2)13-27(8,5-20)11-29(7-22)12-28(9,6-21)14-32(17-30,25-3)19-33(15-29,18-31)26-4/h8-10,23-26H,5-7,20-22H2,1-4H3. The highest BCUT2D eigenvalue weighted by Gasteiger charge is 2.75. The van der Waals surface area contributed by atoms with Gasteiger partial charge in [-0.15, -0.1) is 27.7 Å². The van der Waals surface area contributed by atoms with E-state index in [-0.39, 0.29) is 49.9 Å². The second kappa shape index (κ2) is 11.5. The minimum absolute atomic E-state index is 0.00311. The van der Waals surface area contributed by atoms with Crippen molar-refractivity contribution in [2.45, 2.75) is 0 Å². The Morgan fingerprint density at radius 3 is 1.21 bits per heavy atom. The summed E-state index contributed by atoms with van der Waals surface area (Å²) in [4.78, 5) is 34.5. The summed E-state index contributed by atoms with van der Waals surface area (Å²) in [6.07, 6.45) is 0. The largest absolute Gasteiger partial charge is 0.506 e. The first-order valence-corrected chi connectivity index (χ1v) is 34.9. The number of fused-ring (bicyclic) bond motifs is 3. The van der Waals surface area contributed by atoms with Gasteiger partial charge < -0.3 is 51.4 Å². The van der Waals surface area contributed by atoms with Crippen molar-refractivity contribution in [3.8, 4) is 0 Å². The molecule has 0 amide bonds. The van der Waals surface area contributed by atoms with E-state index in [1.54, 1.807) is 6.66 Å². The molecule has 3 N–H and O–H groups in total. The predicted molar refractivity (Wildman–Crippen MR) is 157 cm³/mol. The van der Waals surface area contributed by atoms with Crippen LogP contribution in [0.25, 0.3) is 0 Å². The molecule has 3 heterocycles. The SMILES string of the molecule is CP[Si]1(O)O[Si]2(PC)O[Si](O)(CP)O[Si]3(CP)O[Si](O)(CP)O[Si](PC)(O1)O[Si](PC)(O3)O2. The number of hydrogen-bond acceptors (Lipinski definition) is 12. The molecule has 12 nitrogen and oxygen atoms in total. The van der Waals surface area contributed by atoms with Crippen molar-refractivity contribution in [2.24, 2.45) is 0 Å². The fourth-order valence-corrected chi connectivity index (χ4v) is 65.6. The molecule has 3 aliphatic heterocycles. The third-order valence-corrected chi connectivity index (χ3v) is 51.4. The zero-order valence-electron chi connectivity index (χ0n) is 18.4. The predicted octanol–water partition coefficient (Wildman–Crippen LogP) is -0.811. The molecule has 3 rings (SSSR count). The average molecular weight is 721 g/mol. The minimum atomic E-state index is -4.03. The van der Waals surface area contributed by atoms with E-state index in [0.29, 0.717) is 0 Å². The Bertz CT molecular complexity index is 624. The third-order valence-electron chi connectivity index (χ3n) is 4.59. The summed E-state index contributed by atoms with van der Waals surface area (Å²) < 4.78 is 57.5. The molecule has 11 atom stereocenters. The van der Waals surface area contributed by atoms with Crippen LogP contribution in [0.5, 0.6) is 0 Å².